The molecule has 1 N–H and O–H groups in total. The molecule has 0 unspecified atom stereocenters. The summed E-state index contributed by atoms with van der Waals surface area (Å²) in [5.74, 6) is -0.407. The zero-order valence-corrected chi connectivity index (χ0v) is 10.3. The fourth-order valence-corrected chi connectivity index (χ4v) is 1.85. The molecule has 2 rings (SSSR count). The van der Waals surface area contributed by atoms with Crippen molar-refractivity contribution < 1.29 is 9.52 Å². The number of carbonyl (C=O) groups excluding carboxylic acids is 1. The van der Waals surface area contributed by atoms with Crippen molar-refractivity contribution in [2.75, 3.05) is 5.32 Å². The van der Waals surface area contributed by atoms with Gasteiger partial charge < -0.3 is 10.5 Å². The molecule has 4 nitrogen and oxygen atoms in total. The van der Waals surface area contributed by atoms with Crippen molar-refractivity contribution in [2.45, 2.75) is 13.8 Å². The third-order valence-electron chi connectivity index (χ3n) is 2.54. The summed E-state index contributed by atoms with van der Waals surface area (Å²) in [5.41, 5.74) is 2.90. The lowest BCUT2D eigenvalue weighted by atomic mass is 10.1. The Morgan fingerprint density at radius 1 is 1.17 bits per heavy atom. The van der Waals surface area contributed by atoms with Crippen molar-refractivity contribution in [3.63, 3.8) is 0 Å². The van der Waals surface area contributed by atoms with Crippen molar-refractivity contribution in [1.82, 2.24) is 0 Å². The Labute approximate surface area is 105 Å². The minimum atomic E-state index is -0.407. The molecule has 4 heteroatoms. The second-order valence-corrected chi connectivity index (χ2v) is 4.24. The highest BCUT2D eigenvalue weighted by molar-refractivity contribution is 6.01. The lowest BCUT2D eigenvalue weighted by molar-refractivity contribution is -0.607. The number of aromatic nitrogens is 1. The largest absolute Gasteiger partial charge is 0.618 e. The highest BCUT2D eigenvalue weighted by Gasteiger charge is 2.14. The molecular formula is C14H14N2O2. The van der Waals surface area contributed by atoms with Crippen LogP contribution in [0.25, 0.3) is 0 Å². The Morgan fingerprint density at radius 3 is 2.44 bits per heavy atom. The number of aryl methyl sites for hydroxylation is 2. The SMILES string of the molecule is Cc1cc(C)cc(NC(=O)c2cccc[n+]2[O-])c1. The van der Waals surface area contributed by atoms with Crippen LogP contribution in [0.15, 0.2) is 42.6 Å². The standard InChI is InChI=1S/C14H14N2O2/c1-10-7-11(2)9-12(8-10)15-14(17)13-5-3-4-6-16(13)18/h3-9H,1-2H3,(H,15,17). The van der Waals surface area contributed by atoms with Crippen molar-refractivity contribution in [2.24, 2.45) is 0 Å². The summed E-state index contributed by atoms with van der Waals surface area (Å²) < 4.78 is 0.554. The van der Waals surface area contributed by atoms with E-state index in [-0.39, 0.29) is 5.69 Å². The van der Waals surface area contributed by atoms with Crippen molar-refractivity contribution in [1.29, 1.82) is 0 Å². The summed E-state index contributed by atoms with van der Waals surface area (Å²) in [5, 5.41) is 14.2. The monoisotopic (exact) mass is 242 g/mol. The van der Waals surface area contributed by atoms with Crippen molar-refractivity contribution >= 4 is 11.6 Å². The number of rotatable bonds is 2. The maximum absolute atomic E-state index is 11.9. The zero-order valence-electron chi connectivity index (χ0n) is 10.3. The van der Waals surface area contributed by atoms with Gasteiger partial charge in [-0.15, -0.1) is 0 Å². The molecule has 0 spiro atoms. The lowest BCUT2D eigenvalue weighted by Gasteiger charge is -2.07. The summed E-state index contributed by atoms with van der Waals surface area (Å²) in [6.07, 6.45) is 1.30. The summed E-state index contributed by atoms with van der Waals surface area (Å²) in [7, 11) is 0. The van der Waals surface area contributed by atoms with E-state index in [1.807, 2.05) is 32.0 Å². The molecule has 18 heavy (non-hydrogen) atoms. The first kappa shape index (κ1) is 12.1. The van der Waals surface area contributed by atoms with Crippen LogP contribution in [0.1, 0.15) is 21.6 Å². The second-order valence-electron chi connectivity index (χ2n) is 4.24. The molecule has 0 radical (unpaired) electrons. The van der Waals surface area contributed by atoms with Crippen molar-refractivity contribution in [3.05, 3.63) is 64.6 Å². The van der Waals surface area contributed by atoms with E-state index >= 15 is 0 Å². The van der Waals surface area contributed by atoms with Crippen LogP contribution in [0.2, 0.25) is 0 Å². The number of nitrogens with zero attached hydrogens (tertiary/aromatic N) is 1. The summed E-state index contributed by atoms with van der Waals surface area (Å²) in [4.78, 5) is 11.9. The van der Waals surface area contributed by atoms with Crippen LogP contribution in [-0.2, 0) is 0 Å². The van der Waals surface area contributed by atoms with E-state index < -0.39 is 5.91 Å². The van der Waals surface area contributed by atoms with Gasteiger partial charge in [0, 0.05) is 17.8 Å². The number of pyridine rings is 1. The van der Waals surface area contributed by atoms with Crippen LogP contribution in [-0.4, -0.2) is 5.91 Å². The van der Waals surface area contributed by atoms with E-state index in [2.05, 4.69) is 5.32 Å². The summed E-state index contributed by atoms with van der Waals surface area (Å²) in [6.45, 7) is 3.91. The topological polar surface area (TPSA) is 56.0 Å². The van der Waals surface area contributed by atoms with Gasteiger partial charge >= 0.3 is 5.91 Å². The second kappa shape index (κ2) is 4.87. The molecule has 2 aromatic rings. The van der Waals surface area contributed by atoms with Gasteiger partial charge in [0.15, 0.2) is 6.20 Å². The third kappa shape index (κ3) is 2.66. The molecule has 0 saturated carbocycles. The Morgan fingerprint density at radius 2 is 1.83 bits per heavy atom. The Hall–Kier alpha value is -2.36. The van der Waals surface area contributed by atoms with Gasteiger partial charge in [0.1, 0.15) is 0 Å². The normalized spacial score (nSPS) is 10.1. The molecule has 0 bridgehead atoms. The van der Waals surface area contributed by atoms with Gasteiger partial charge in [0.2, 0.25) is 0 Å². The average molecular weight is 242 g/mol. The Kier molecular flexibility index (Phi) is 3.28. The van der Waals surface area contributed by atoms with Crippen LogP contribution in [0.3, 0.4) is 0 Å². The highest BCUT2D eigenvalue weighted by atomic mass is 16.5. The summed E-state index contributed by atoms with van der Waals surface area (Å²) >= 11 is 0. The maximum atomic E-state index is 11.9. The van der Waals surface area contributed by atoms with E-state index in [9.17, 15) is 10.0 Å². The first-order valence-electron chi connectivity index (χ1n) is 5.64. The number of benzene rings is 1. The van der Waals surface area contributed by atoms with Crippen LogP contribution in [0.5, 0.6) is 0 Å². The predicted octanol–water partition coefficient (Wildman–Crippen LogP) is 2.19. The minimum absolute atomic E-state index is 0.0802. The fourth-order valence-electron chi connectivity index (χ4n) is 1.85. The first-order chi connectivity index (χ1) is 8.56. The van der Waals surface area contributed by atoms with E-state index in [4.69, 9.17) is 0 Å². The number of carbonyl (C=O) groups is 1. The smallest absolute Gasteiger partial charge is 0.321 e. The van der Waals surface area contributed by atoms with Crippen molar-refractivity contribution in [3.8, 4) is 0 Å². The molecule has 92 valence electrons. The molecule has 0 aliphatic carbocycles. The molecule has 0 saturated heterocycles. The Balaban J connectivity index is 2.24. The molecule has 1 aromatic carbocycles. The van der Waals surface area contributed by atoms with E-state index in [0.29, 0.717) is 10.4 Å². The van der Waals surface area contributed by atoms with Crippen LogP contribution < -0.4 is 10.0 Å². The molecule has 0 atom stereocenters. The number of hydrogen-bond acceptors (Lipinski definition) is 2. The van der Waals surface area contributed by atoms with Crippen LogP contribution in [0.4, 0.5) is 5.69 Å². The van der Waals surface area contributed by atoms with E-state index in [0.717, 1.165) is 11.1 Å². The number of anilines is 1. The molecule has 1 heterocycles. The first-order valence-corrected chi connectivity index (χ1v) is 5.64. The highest BCUT2D eigenvalue weighted by Crippen LogP contribution is 2.14. The molecule has 0 fully saturated rings. The average Bonchev–Trinajstić information content (AvgIpc) is 2.27. The number of amides is 1. The predicted molar refractivity (Wildman–Crippen MR) is 69.3 cm³/mol. The quantitative estimate of drug-likeness (QED) is 0.648. The molecule has 0 aliphatic heterocycles. The van der Waals surface area contributed by atoms with Gasteiger partial charge in [-0.3, -0.25) is 4.79 Å². The minimum Gasteiger partial charge on any atom is -0.618 e. The van der Waals surface area contributed by atoms with Gasteiger partial charge in [-0.25, -0.2) is 0 Å². The molecule has 1 aromatic heterocycles. The molecule has 1 amide bonds. The van der Waals surface area contributed by atoms with Gasteiger partial charge in [-0.05, 0) is 43.2 Å². The maximum Gasteiger partial charge on any atom is 0.321 e. The lowest BCUT2D eigenvalue weighted by Crippen LogP contribution is -2.36. The molecular weight excluding hydrogens is 228 g/mol. The van der Waals surface area contributed by atoms with Gasteiger partial charge in [-0.2, -0.15) is 4.73 Å². The van der Waals surface area contributed by atoms with Crippen LogP contribution >= 0.6 is 0 Å². The van der Waals surface area contributed by atoms with E-state index in [1.165, 1.54) is 12.3 Å². The number of hydrogen-bond donors (Lipinski definition) is 1. The Bertz CT molecular complexity index is 574. The van der Waals surface area contributed by atoms with Gasteiger partial charge in [0.25, 0.3) is 5.69 Å². The van der Waals surface area contributed by atoms with Gasteiger partial charge in [0.05, 0.1) is 0 Å². The number of nitrogens with one attached hydrogen (secondary N) is 1. The van der Waals surface area contributed by atoms with Crippen LogP contribution in [0, 0.1) is 19.1 Å². The third-order valence-corrected chi connectivity index (χ3v) is 2.54. The van der Waals surface area contributed by atoms with Gasteiger partial charge in [-0.1, -0.05) is 6.07 Å². The summed E-state index contributed by atoms with van der Waals surface area (Å²) in [6, 6.07) is 10.5. The van der Waals surface area contributed by atoms with E-state index in [1.54, 1.807) is 12.1 Å². The fraction of sp³-hybridized carbons (Fsp3) is 0.143. The molecule has 0 aliphatic rings. The zero-order chi connectivity index (χ0) is 13.1.